The Labute approximate surface area is 64.5 Å². The summed E-state index contributed by atoms with van der Waals surface area (Å²) in [4.78, 5) is 10.4. The Morgan fingerprint density at radius 3 is 1.91 bits per heavy atom. The lowest BCUT2D eigenvalue weighted by atomic mass is 10.1. The molecule has 0 aromatic heterocycles. The molecule has 0 saturated carbocycles. The van der Waals surface area contributed by atoms with E-state index < -0.39 is 11.6 Å². The highest BCUT2D eigenvalue weighted by molar-refractivity contribution is 5.77. The van der Waals surface area contributed by atoms with Crippen LogP contribution in [0.3, 0.4) is 0 Å². The molecular weight excluding hydrogens is 152 g/mol. The van der Waals surface area contributed by atoms with Crippen molar-refractivity contribution in [1.29, 1.82) is 0 Å². The third-order valence-electron chi connectivity index (χ3n) is 1.16. The summed E-state index contributed by atoms with van der Waals surface area (Å²) in [6, 6.07) is 0. The van der Waals surface area contributed by atoms with Crippen molar-refractivity contribution in [1.82, 2.24) is 0 Å². The second kappa shape index (κ2) is 4.27. The van der Waals surface area contributed by atoms with Crippen molar-refractivity contribution in [3.63, 3.8) is 0 Å². The molecule has 0 aromatic carbocycles. The SMILES string of the molecule is COCC(O)(COC)C(=O)O. The average Bonchev–Trinajstić information content (AvgIpc) is 1.88. The van der Waals surface area contributed by atoms with Crippen LogP contribution in [0.5, 0.6) is 0 Å². The van der Waals surface area contributed by atoms with Crippen molar-refractivity contribution in [3.05, 3.63) is 0 Å². The normalized spacial score (nSPS) is 11.5. The number of hydrogen-bond acceptors (Lipinski definition) is 4. The van der Waals surface area contributed by atoms with Gasteiger partial charge in [-0.1, -0.05) is 0 Å². The fourth-order valence-corrected chi connectivity index (χ4v) is 0.643. The maximum absolute atomic E-state index is 10.4. The van der Waals surface area contributed by atoms with E-state index in [1.54, 1.807) is 0 Å². The zero-order valence-corrected chi connectivity index (χ0v) is 6.53. The van der Waals surface area contributed by atoms with Crippen LogP contribution < -0.4 is 0 Å². The predicted octanol–water partition coefficient (Wildman–Crippen LogP) is -0.905. The van der Waals surface area contributed by atoms with E-state index in [4.69, 9.17) is 5.11 Å². The van der Waals surface area contributed by atoms with Crippen molar-refractivity contribution in [2.45, 2.75) is 5.60 Å². The van der Waals surface area contributed by atoms with Gasteiger partial charge in [0.25, 0.3) is 0 Å². The zero-order chi connectivity index (χ0) is 8.91. The van der Waals surface area contributed by atoms with Crippen LogP contribution in [0.2, 0.25) is 0 Å². The molecule has 0 atom stereocenters. The number of hydrogen-bond donors (Lipinski definition) is 2. The minimum Gasteiger partial charge on any atom is -0.479 e. The maximum Gasteiger partial charge on any atom is 0.340 e. The van der Waals surface area contributed by atoms with Crippen LogP contribution in [0.4, 0.5) is 0 Å². The first kappa shape index (κ1) is 10.3. The molecule has 0 aromatic rings. The molecule has 0 rings (SSSR count). The topological polar surface area (TPSA) is 76.0 Å². The number of carbonyl (C=O) groups is 1. The van der Waals surface area contributed by atoms with Crippen LogP contribution in [0.15, 0.2) is 0 Å². The Morgan fingerprint density at radius 2 is 1.73 bits per heavy atom. The number of aliphatic hydroxyl groups is 1. The average molecular weight is 164 g/mol. The van der Waals surface area contributed by atoms with E-state index in [9.17, 15) is 9.90 Å². The van der Waals surface area contributed by atoms with E-state index in [0.717, 1.165) is 0 Å². The van der Waals surface area contributed by atoms with Crippen LogP contribution in [-0.4, -0.2) is 49.2 Å². The summed E-state index contributed by atoms with van der Waals surface area (Å²) in [5, 5.41) is 17.7. The van der Waals surface area contributed by atoms with Crippen LogP contribution in [0.1, 0.15) is 0 Å². The molecule has 2 N–H and O–H groups in total. The largest absolute Gasteiger partial charge is 0.479 e. The Hall–Kier alpha value is -0.650. The van der Waals surface area contributed by atoms with Crippen LogP contribution in [-0.2, 0) is 14.3 Å². The molecule has 0 heterocycles. The molecule has 0 amide bonds. The first-order chi connectivity index (χ1) is 5.06. The fourth-order valence-electron chi connectivity index (χ4n) is 0.643. The molecule has 11 heavy (non-hydrogen) atoms. The molecule has 0 saturated heterocycles. The lowest BCUT2D eigenvalue weighted by Crippen LogP contribution is -2.47. The Bertz CT molecular complexity index is 127. The summed E-state index contributed by atoms with van der Waals surface area (Å²) in [6.45, 7) is -0.563. The van der Waals surface area contributed by atoms with E-state index >= 15 is 0 Å². The number of carboxylic acid groups (broad SMARTS) is 1. The van der Waals surface area contributed by atoms with Gasteiger partial charge in [-0.3, -0.25) is 0 Å². The molecule has 0 aliphatic carbocycles. The van der Waals surface area contributed by atoms with E-state index in [-0.39, 0.29) is 13.2 Å². The second-order valence-corrected chi connectivity index (χ2v) is 2.20. The molecule has 0 spiro atoms. The molecular formula is C6H12O5. The highest BCUT2D eigenvalue weighted by atomic mass is 16.5. The van der Waals surface area contributed by atoms with Gasteiger partial charge < -0.3 is 19.7 Å². The second-order valence-electron chi connectivity index (χ2n) is 2.20. The fraction of sp³-hybridized carbons (Fsp3) is 0.833. The number of carboxylic acids is 1. The third-order valence-corrected chi connectivity index (χ3v) is 1.16. The Morgan fingerprint density at radius 1 is 1.36 bits per heavy atom. The minimum atomic E-state index is -1.93. The summed E-state index contributed by atoms with van der Waals surface area (Å²) in [7, 11) is 2.62. The number of ether oxygens (including phenoxy) is 2. The number of methoxy groups -OCH3 is 2. The van der Waals surface area contributed by atoms with Gasteiger partial charge in [0.1, 0.15) is 0 Å². The van der Waals surface area contributed by atoms with Gasteiger partial charge in [-0.15, -0.1) is 0 Å². The van der Waals surface area contributed by atoms with Crippen LogP contribution in [0.25, 0.3) is 0 Å². The summed E-state index contributed by atoms with van der Waals surface area (Å²) in [5.74, 6) is -1.35. The molecule has 0 aliphatic heterocycles. The highest BCUT2D eigenvalue weighted by Crippen LogP contribution is 2.05. The Balaban J connectivity index is 4.13. The van der Waals surface area contributed by atoms with Gasteiger partial charge >= 0.3 is 5.97 Å². The van der Waals surface area contributed by atoms with Gasteiger partial charge in [-0.25, -0.2) is 4.79 Å². The van der Waals surface area contributed by atoms with Crippen molar-refractivity contribution in [2.24, 2.45) is 0 Å². The molecule has 66 valence electrons. The molecule has 0 radical (unpaired) electrons. The van der Waals surface area contributed by atoms with Crippen molar-refractivity contribution < 1.29 is 24.5 Å². The summed E-state index contributed by atoms with van der Waals surface area (Å²) in [5.41, 5.74) is -1.93. The van der Waals surface area contributed by atoms with Gasteiger partial charge in [0, 0.05) is 14.2 Å². The summed E-state index contributed by atoms with van der Waals surface area (Å²) in [6.07, 6.45) is 0. The number of aliphatic carboxylic acids is 1. The van der Waals surface area contributed by atoms with Gasteiger partial charge in [-0.2, -0.15) is 0 Å². The van der Waals surface area contributed by atoms with Crippen molar-refractivity contribution >= 4 is 5.97 Å². The first-order valence-electron chi connectivity index (χ1n) is 3.00. The monoisotopic (exact) mass is 164 g/mol. The molecule has 0 unspecified atom stereocenters. The standard InChI is InChI=1S/C6H12O5/c1-10-3-6(9,4-11-2)5(7)8/h9H,3-4H2,1-2H3,(H,7,8). The third kappa shape index (κ3) is 2.83. The minimum absolute atomic E-state index is 0.282. The Kier molecular flexibility index (Phi) is 4.02. The molecule has 0 bridgehead atoms. The van der Waals surface area contributed by atoms with Crippen LogP contribution >= 0.6 is 0 Å². The van der Waals surface area contributed by atoms with E-state index in [1.807, 2.05) is 0 Å². The number of rotatable bonds is 5. The quantitative estimate of drug-likeness (QED) is 0.550. The molecule has 0 aliphatic rings. The van der Waals surface area contributed by atoms with Crippen molar-refractivity contribution in [3.8, 4) is 0 Å². The van der Waals surface area contributed by atoms with Gasteiger partial charge in [-0.05, 0) is 0 Å². The van der Waals surface area contributed by atoms with Crippen LogP contribution in [0, 0.1) is 0 Å². The molecule has 5 heteroatoms. The zero-order valence-electron chi connectivity index (χ0n) is 6.53. The van der Waals surface area contributed by atoms with E-state index in [2.05, 4.69) is 9.47 Å². The van der Waals surface area contributed by atoms with E-state index in [1.165, 1.54) is 14.2 Å². The molecule has 0 fully saturated rings. The lowest BCUT2D eigenvalue weighted by Gasteiger charge is -2.20. The van der Waals surface area contributed by atoms with Gasteiger partial charge in [0.2, 0.25) is 5.60 Å². The van der Waals surface area contributed by atoms with E-state index in [0.29, 0.717) is 0 Å². The lowest BCUT2D eigenvalue weighted by molar-refractivity contribution is -0.170. The smallest absolute Gasteiger partial charge is 0.340 e. The van der Waals surface area contributed by atoms with Gasteiger partial charge in [0.15, 0.2) is 0 Å². The highest BCUT2D eigenvalue weighted by Gasteiger charge is 2.36. The maximum atomic E-state index is 10.4. The first-order valence-corrected chi connectivity index (χ1v) is 3.00. The summed E-state index contributed by atoms with van der Waals surface area (Å²) < 4.78 is 9.02. The summed E-state index contributed by atoms with van der Waals surface area (Å²) >= 11 is 0. The molecule has 5 nitrogen and oxygen atoms in total. The van der Waals surface area contributed by atoms with Crippen molar-refractivity contribution in [2.75, 3.05) is 27.4 Å². The van der Waals surface area contributed by atoms with Gasteiger partial charge in [0.05, 0.1) is 13.2 Å². The predicted molar refractivity (Wildman–Crippen MR) is 36.3 cm³/mol.